The fraction of sp³-hybridized carbons (Fsp3) is 0.536. The number of aliphatic hydroxyl groups is 3. The Morgan fingerprint density at radius 3 is 2.41 bits per heavy atom. The maximum atomic E-state index is 13.8. The summed E-state index contributed by atoms with van der Waals surface area (Å²) < 4.78 is 0. The van der Waals surface area contributed by atoms with Crippen LogP contribution in [-0.4, -0.2) is 86.0 Å². The number of rotatable bonds is 7. The molecule has 0 spiro atoms. The molecule has 0 heterocycles. The zero-order valence-corrected chi connectivity index (χ0v) is 23.5. The van der Waals surface area contributed by atoms with Crippen molar-refractivity contribution < 1.29 is 34.8 Å². The standard InChI is InChI=1S/C28H36ClN3O7/c1-6-12(3)32(7-2)11-14-10-17(33)19-15(21(14)29)8-13-9-16-22(31(4)5)24(35)20(27(30)38)26(37)28(16,39)25(36)18(13)23(19)34/h10,12-13,16,22,33,35-36,39H,6-9,11H2,1-5H3,(H2,30,38)/t12?,13-,16-,22-,28-/m0/s1. The van der Waals surface area contributed by atoms with Crippen molar-refractivity contribution >= 4 is 29.1 Å². The van der Waals surface area contributed by atoms with E-state index in [9.17, 15) is 34.8 Å². The monoisotopic (exact) mass is 561 g/mol. The van der Waals surface area contributed by atoms with Crippen LogP contribution < -0.4 is 5.73 Å². The topological polar surface area (TPSA) is 165 Å². The summed E-state index contributed by atoms with van der Waals surface area (Å²) in [6, 6.07) is 0.674. The molecule has 3 aliphatic rings. The highest BCUT2D eigenvalue weighted by molar-refractivity contribution is 6.33. The minimum Gasteiger partial charge on any atom is -0.510 e. The zero-order chi connectivity index (χ0) is 29.1. The Morgan fingerprint density at radius 2 is 1.87 bits per heavy atom. The number of halogens is 1. The predicted octanol–water partition coefficient (Wildman–Crippen LogP) is 2.39. The van der Waals surface area contributed by atoms with Crippen LogP contribution in [0.15, 0.2) is 28.7 Å². The van der Waals surface area contributed by atoms with E-state index >= 15 is 0 Å². The van der Waals surface area contributed by atoms with Gasteiger partial charge in [-0.1, -0.05) is 25.4 Å². The number of phenolic OH excluding ortho intramolecular Hbond substituents is 1. The number of benzene rings is 1. The normalized spacial score (nSPS) is 27.6. The van der Waals surface area contributed by atoms with Gasteiger partial charge in [-0.15, -0.1) is 0 Å². The molecule has 11 heteroatoms. The second-order valence-electron chi connectivity index (χ2n) is 11.0. The van der Waals surface area contributed by atoms with Crippen molar-refractivity contribution in [1.29, 1.82) is 0 Å². The molecule has 1 unspecified atom stereocenters. The molecule has 5 atom stereocenters. The van der Waals surface area contributed by atoms with Crippen LogP contribution in [0.5, 0.6) is 5.75 Å². The summed E-state index contributed by atoms with van der Waals surface area (Å²) in [6.07, 6.45) is 1.09. The number of ketones is 2. The molecule has 0 saturated heterocycles. The lowest BCUT2D eigenvalue weighted by Crippen LogP contribution is -2.63. The highest BCUT2D eigenvalue weighted by Gasteiger charge is 2.63. The number of likely N-dealkylation sites (N-methyl/N-ethyl adjacent to an activating group) is 1. The molecule has 0 saturated carbocycles. The first-order valence-electron chi connectivity index (χ1n) is 13.1. The number of nitrogens with zero attached hydrogens (tertiary/aromatic N) is 2. The van der Waals surface area contributed by atoms with Crippen molar-refractivity contribution in [3.05, 3.63) is 50.4 Å². The molecule has 0 fully saturated rings. The van der Waals surface area contributed by atoms with Crippen LogP contribution in [0.4, 0.5) is 0 Å². The smallest absolute Gasteiger partial charge is 0.255 e. The number of phenols is 1. The van der Waals surface area contributed by atoms with Crippen LogP contribution in [0.3, 0.4) is 0 Å². The Balaban J connectivity index is 1.87. The number of allylic oxidation sites excluding steroid dienone is 1. The molecule has 1 aromatic rings. The molecule has 0 aliphatic heterocycles. The molecule has 0 aromatic heterocycles. The van der Waals surface area contributed by atoms with Gasteiger partial charge < -0.3 is 26.2 Å². The fourth-order valence-corrected chi connectivity index (χ4v) is 6.81. The van der Waals surface area contributed by atoms with E-state index in [0.29, 0.717) is 22.7 Å². The molecule has 4 rings (SSSR count). The van der Waals surface area contributed by atoms with E-state index < -0.39 is 58.0 Å². The van der Waals surface area contributed by atoms with E-state index in [2.05, 4.69) is 18.7 Å². The third-order valence-corrected chi connectivity index (χ3v) is 9.20. The van der Waals surface area contributed by atoms with Crippen molar-refractivity contribution in [3.63, 3.8) is 0 Å². The fourth-order valence-electron chi connectivity index (χ4n) is 6.52. The summed E-state index contributed by atoms with van der Waals surface area (Å²) in [4.78, 5) is 42.9. The second-order valence-corrected chi connectivity index (χ2v) is 11.4. The molecule has 1 aromatic carbocycles. The minimum atomic E-state index is -2.66. The number of fused-ring (bicyclic) bond motifs is 3. The second kappa shape index (κ2) is 10.2. The Kier molecular flexibility index (Phi) is 7.63. The lowest BCUT2D eigenvalue weighted by atomic mass is 9.58. The van der Waals surface area contributed by atoms with Gasteiger partial charge in [-0.2, -0.15) is 0 Å². The number of Topliss-reactive ketones (excluding diaryl/α,β-unsaturated/α-hetero) is 2. The third kappa shape index (κ3) is 4.25. The van der Waals surface area contributed by atoms with Crippen molar-refractivity contribution in [2.24, 2.45) is 17.6 Å². The Labute approximate surface area is 232 Å². The molecular formula is C28H36ClN3O7. The van der Waals surface area contributed by atoms with Gasteiger partial charge in [0.05, 0.1) is 11.6 Å². The summed E-state index contributed by atoms with van der Waals surface area (Å²) in [5, 5.41) is 45.2. The van der Waals surface area contributed by atoms with Crippen LogP contribution in [-0.2, 0) is 22.6 Å². The van der Waals surface area contributed by atoms with Crippen LogP contribution >= 0.6 is 11.6 Å². The van der Waals surface area contributed by atoms with Gasteiger partial charge in [-0.05, 0) is 69.9 Å². The highest BCUT2D eigenvalue weighted by atomic mass is 35.5. The van der Waals surface area contributed by atoms with Crippen LogP contribution in [0, 0.1) is 11.8 Å². The maximum absolute atomic E-state index is 13.8. The van der Waals surface area contributed by atoms with E-state index in [0.717, 1.165) is 13.0 Å². The lowest BCUT2D eigenvalue weighted by molar-refractivity contribution is -0.148. The van der Waals surface area contributed by atoms with E-state index in [-0.39, 0.29) is 35.8 Å². The average Bonchev–Trinajstić information content (AvgIpc) is 2.86. The van der Waals surface area contributed by atoms with Gasteiger partial charge >= 0.3 is 0 Å². The first kappa shape index (κ1) is 29.1. The number of carbonyl (C=O) groups is 3. The highest BCUT2D eigenvalue weighted by Crippen LogP contribution is 2.53. The number of carbonyl (C=O) groups excluding carboxylic acids is 3. The van der Waals surface area contributed by atoms with Crippen LogP contribution in [0.1, 0.15) is 55.1 Å². The molecule has 39 heavy (non-hydrogen) atoms. The van der Waals surface area contributed by atoms with Crippen LogP contribution in [0.25, 0.3) is 0 Å². The predicted molar refractivity (Wildman–Crippen MR) is 145 cm³/mol. The third-order valence-electron chi connectivity index (χ3n) is 8.72. The van der Waals surface area contributed by atoms with Crippen LogP contribution in [0.2, 0.25) is 5.02 Å². The van der Waals surface area contributed by atoms with Gasteiger partial charge in [0.2, 0.25) is 5.78 Å². The first-order chi connectivity index (χ1) is 18.2. The van der Waals surface area contributed by atoms with Gasteiger partial charge in [0.1, 0.15) is 22.8 Å². The molecule has 3 aliphatic carbocycles. The number of nitrogens with two attached hydrogens (primary N) is 1. The van der Waals surface area contributed by atoms with Crippen molar-refractivity contribution in [3.8, 4) is 5.75 Å². The summed E-state index contributed by atoms with van der Waals surface area (Å²) >= 11 is 6.85. The van der Waals surface area contributed by atoms with Gasteiger partial charge in [-0.3, -0.25) is 24.2 Å². The number of amides is 1. The summed E-state index contributed by atoms with van der Waals surface area (Å²) in [6.45, 7) is 7.44. The Bertz CT molecular complexity index is 1320. The molecule has 212 valence electrons. The van der Waals surface area contributed by atoms with Crippen molar-refractivity contribution in [2.75, 3.05) is 20.6 Å². The van der Waals surface area contributed by atoms with E-state index in [1.807, 2.05) is 6.92 Å². The first-order valence-corrected chi connectivity index (χ1v) is 13.5. The molecule has 1 amide bonds. The SMILES string of the molecule is CCC(C)N(CC)Cc1cc(O)c2c(c1Cl)C[C@H]1C[C@H]3[C@H](N(C)C)C(O)=C(C(N)=O)C(=O)[C@@]3(O)C(O)=C1C2=O. The number of primary amides is 1. The molecule has 6 N–H and O–H groups in total. The minimum absolute atomic E-state index is 0.0149. The largest absolute Gasteiger partial charge is 0.510 e. The molecular weight excluding hydrogens is 526 g/mol. The molecule has 0 bridgehead atoms. The van der Waals surface area contributed by atoms with E-state index in [1.165, 1.54) is 11.0 Å². The van der Waals surface area contributed by atoms with E-state index in [1.54, 1.807) is 14.1 Å². The number of aromatic hydroxyl groups is 1. The maximum Gasteiger partial charge on any atom is 0.255 e. The lowest BCUT2D eigenvalue weighted by Gasteiger charge is -2.50. The van der Waals surface area contributed by atoms with Crippen molar-refractivity contribution in [1.82, 2.24) is 9.80 Å². The summed E-state index contributed by atoms with van der Waals surface area (Å²) in [5.41, 5.74) is 2.67. The number of aliphatic hydroxyl groups excluding tert-OH is 2. The summed E-state index contributed by atoms with van der Waals surface area (Å²) in [5.74, 6) is -6.82. The molecule has 10 nitrogen and oxygen atoms in total. The Hall–Kier alpha value is -2.92. The average molecular weight is 562 g/mol. The van der Waals surface area contributed by atoms with Gasteiger partial charge in [0.15, 0.2) is 11.4 Å². The Morgan fingerprint density at radius 1 is 1.23 bits per heavy atom. The van der Waals surface area contributed by atoms with E-state index in [4.69, 9.17) is 17.3 Å². The van der Waals surface area contributed by atoms with Crippen molar-refractivity contribution in [2.45, 2.75) is 64.3 Å². The molecule has 0 radical (unpaired) electrons. The van der Waals surface area contributed by atoms with Gasteiger partial charge in [0, 0.05) is 29.1 Å². The summed E-state index contributed by atoms with van der Waals surface area (Å²) in [7, 11) is 3.18. The quantitative estimate of drug-likeness (QED) is 0.314. The number of hydrogen-bond donors (Lipinski definition) is 5. The zero-order valence-electron chi connectivity index (χ0n) is 22.8. The van der Waals surface area contributed by atoms with Gasteiger partial charge in [-0.25, -0.2) is 0 Å². The van der Waals surface area contributed by atoms with Gasteiger partial charge in [0.25, 0.3) is 5.91 Å². The number of hydrogen-bond acceptors (Lipinski definition) is 9.